The van der Waals surface area contributed by atoms with Gasteiger partial charge in [0, 0.05) is 19.4 Å². The molecule has 1 fully saturated rings. The minimum absolute atomic E-state index is 0.129. The Hall–Kier alpha value is -1.07. The van der Waals surface area contributed by atoms with E-state index in [0.29, 0.717) is 18.5 Å². The minimum atomic E-state index is 0.129. The smallest absolute Gasteiger partial charge is 0.394 e. The van der Waals surface area contributed by atoms with Crippen molar-refractivity contribution in [2.45, 2.75) is 65.4 Å². The largest absolute Gasteiger partial charge is 0.447 e. The molecule has 0 bridgehead atoms. The van der Waals surface area contributed by atoms with Gasteiger partial charge in [-0.2, -0.15) is 4.98 Å². The molecule has 114 valence electrons. The third kappa shape index (κ3) is 4.80. The van der Waals surface area contributed by atoms with Crippen LogP contribution in [0.1, 0.15) is 46.2 Å². The van der Waals surface area contributed by atoms with Crippen molar-refractivity contribution in [3.63, 3.8) is 0 Å². The molecule has 20 heavy (non-hydrogen) atoms. The SMILES string of the molecule is CC(C)CNCc1coc(OC2CC(C)OC(C)C2)n1. The number of nitrogens with zero attached hydrogens (tertiary/aromatic N) is 1. The average molecular weight is 282 g/mol. The van der Waals surface area contributed by atoms with Crippen LogP contribution in [0.25, 0.3) is 0 Å². The number of ether oxygens (including phenoxy) is 2. The average Bonchev–Trinajstić information content (AvgIpc) is 2.74. The van der Waals surface area contributed by atoms with Gasteiger partial charge in [0.1, 0.15) is 12.4 Å². The molecule has 5 heteroatoms. The summed E-state index contributed by atoms with van der Waals surface area (Å²) in [4.78, 5) is 4.36. The molecule has 0 aromatic carbocycles. The molecule has 1 aliphatic heterocycles. The van der Waals surface area contributed by atoms with Gasteiger partial charge in [0.05, 0.1) is 17.9 Å². The van der Waals surface area contributed by atoms with Gasteiger partial charge in [-0.25, -0.2) is 0 Å². The van der Waals surface area contributed by atoms with Gasteiger partial charge in [0.25, 0.3) is 0 Å². The van der Waals surface area contributed by atoms with Gasteiger partial charge in [-0.1, -0.05) is 13.8 Å². The zero-order valence-corrected chi connectivity index (χ0v) is 12.9. The third-order valence-electron chi connectivity index (χ3n) is 3.31. The monoisotopic (exact) mass is 282 g/mol. The van der Waals surface area contributed by atoms with E-state index in [1.54, 1.807) is 6.26 Å². The third-order valence-corrected chi connectivity index (χ3v) is 3.31. The number of nitrogens with one attached hydrogen (secondary N) is 1. The molecule has 1 N–H and O–H groups in total. The van der Waals surface area contributed by atoms with Crippen molar-refractivity contribution in [3.05, 3.63) is 12.0 Å². The van der Waals surface area contributed by atoms with Gasteiger partial charge in [-0.15, -0.1) is 0 Å². The molecule has 5 nitrogen and oxygen atoms in total. The van der Waals surface area contributed by atoms with E-state index < -0.39 is 0 Å². The number of oxazole rings is 1. The summed E-state index contributed by atoms with van der Waals surface area (Å²) in [5, 5.41) is 3.33. The molecule has 0 radical (unpaired) electrons. The molecule has 1 aliphatic rings. The normalized spacial score (nSPS) is 26.9. The molecule has 1 saturated heterocycles. The first-order valence-electron chi connectivity index (χ1n) is 7.50. The highest BCUT2D eigenvalue weighted by atomic mass is 16.6. The van der Waals surface area contributed by atoms with Crippen molar-refractivity contribution in [1.82, 2.24) is 10.3 Å². The van der Waals surface area contributed by atoms with Crippen molar-refractivity contribution in [3.8, 4) is 6.08 Å². The van der Waals surface area contributed by atoms with Crippen molar-refractivity contribution in [2.75, 3.05) is 6.54 Å². The molecule has 1 aromatic heterocycles. The van der Waals surface area contributed by atoms with Gasteiger partial charge < -0.3 is 19.2 Å². The maximum Gasteiger partial charge on any atom is 0.394 e. The lowest BCUT2D eigenvalue weighted by molar-refractivity contribution is -0.0772. The van der Waals surface area contributed by atoms with E-state index in [1.807, 2.05) is 0 Å². The number of hydrogen-bond donors (Lipinski definition) is 1. The van der Waals surface area contributed by atoms with Crippen LogP contribution >= 0.6 is 0 Å². The van der Waals surface area contributed by atoms with Crippen molar-refractivity contribution < 1.29 is 13.9 Å². The van der Waals surface area contributed by atoms with E-state index in [2.05, 4.69) is 38.0 Å². The number of aromatic nitrogens is 1. The van der Waals surface area contributed by atoms with Gasteiger partial charge in [0.2, 0.25) is 0 Å². The number of hydrogen-bond acceptors (Lipinski definition) is 5. The van der Waals surface area contributed by atoms with Gasteiger partial charge in [-0.3, -0.25) is 0 Å². The quantitative estimate of drug-likeness (QED) is 0.869. The lowest BCUT2D eigenvalue weighted by Gasteiger charge is -2.31. The highest BCUT2D eigenvalue weighted by Crippen LogP contribution is 2.23. The summed E-state index contributed by atoms with van der Waals surface area (Å²) < 4.78 is 16.9. The van der Waals surface area contributed by atoms with Crippen LogP contribution < -0.4 is 10.1 Å². The zero-order chi connectivity index (χ0) is 14.5. The highest BCUT2D eigenvalue weighted by Gasteiger charge is 2.27. The highest BCUT2D eigenvalue weighted by molar-refractivity contribution is 5.00. The molecular formula is C15H26N2O3. The predicted molar refractivity (Wildman–Crippen MR) is 76.7 cm³/mol. The molecule has 0 saturated carbocycles. The van der Waals surface area contributed by atoms with E-state index >= 15 is 0 Å². The molecule has 0 amide bonds. The van der Waals surface area contributed by atoms with Crippen LogP contribution in [0.4, 0.5) is 0 Å². The molecule has 2 heterocycles. The Labute approximate surface area is 121 Å². The predicted octanol–water partition coefficient (Wildman–Crippen LogP) is 2.76. The second kappa shape index (κ2) is 7.09. The van der Waals surface area contributed by atoms with Crippen molar-refractivity contribution in [2.24, 2.45) is 5.92 Å². The summed E-state index contributed by atoms with van der Waals surface area (Å²) in [5.41, 5.74) is 0.883. The van der Waals surface area contributed by atoms with Crippen LogP contribution in [-0.4, -0.2) is 29.8 Å². The van der Waals surface area contributed by atoms with Crippen LogP contribution in [0.2, 0.25) is 0 Å². The number of rotatable bonds is 6. The van der Waals surface area contributed by atoms with E-state index in [0.717, 1.165) is 25.1 Å². The van der Waals surface area contributed by atoms with Crippen molar-refractivity contribution in [1.29, 1.82) is 0 Å². The summed E-state index contributed by atoms with van der Waals surface area (Å²) in [6.07, 6.45) is 4.38. The van der Waals surface area contributed by atoms with Gasteiger partial charge >= 0.3 is 6.08 Å². The first kappa shape index (κ1) is 15.3. The fourth-order valence-electron chi connectivity index (χ4n) is 2.50. The Bertz CT molecular complexity index is 396. The summed E-state index contributed by atoms with van der Waals surface area (Å²) in [7, 11) is 0. The van der Waals surface area contributed by atoms with E-state index in [1.165, 1.54) is 0 Å². The van der Waals surface area contributed by atoms with Crippen LogP contribution in [0.5, 0.6) is 6.08 Å². The second-order valence-electron chi connectivity index (χ2n) is 6.10. The second-order valence-corrected chi connectivity index (χ2v) is 6.10. The summed E-state index contributed by atoms with van der Waals surface area (Å²) in [6.45, 7) is 10.2. The zero-order valence-electron chi connectivity index (χ0n) is 12.9. The fraction of sp³-hybridized carbons (Fsp3) is 0.800. The lowest BCUT2D eigenvalue weighted by atomic mass is 10.0. The molecule has 1 aromatic rings. The fourth-order valence-corrected chi connectivity index (χ4v) is 2.50. The van der Waals surface area contributed by atoms with Gasteiger partial charge in [0.15, 0.2) is 0 Å². The standard InChI is InChI=1S/C15H26N2O3/c1-10(2)7-16-8-13-9-18-15(17-13)20-14-5-11(3)19-12(4)6-14/h9-12,14,16H,5-8H2,1-4H3. The Kier molecular flexibility index (Phi) is 5.43. The Balaban J connectivity index is 1.80. The van der Waals surface area contributed by atoms with Gasteiger partial charge in [-0.05, 0) is 26.3 Å². The van der Waals surface area contributed by atoms with Crippen LogP contribution in [0.15, 0.2) is 10.7 Å². The lowest BCUT2D eigenvalue weighted by Crippen LogP contribution is -2.35. The Morgan fingerprint density at radius 2 is 2.05 bits per heavy atom. The maximum absolute atomic E-state index is 5.82. The van der Waals surface area contributed by atoms with E-state index in [-0.39, 0.29) is 18.3 Å². The Morgan fingerprint density at radius 3 is 2.70 bits per heavy atom. The summed E-state index contributed by atoms with van der Waals surface area (Å²) in [6, 6.07) is 0. The first-order chi connectivity index (χ1) is 9.52. The molecule has 2 unspecified atom stereocenters. The van der Waals surface area contributed by atoms with Crippen LogP contribution in [0, 0.1) is 5.92 Å². The van der Waals surface area contributed by atoms with Crippen LogP contribution in [0.3, 0.4) is 0 Å². The first-order valence-corrected chi connectivity index (χ1v) is 7.50. The summed E-state index contributed by atoms with van der Waals surface area (Å²) >= 11 is 0. The molecular weight excluding hydrogens is 256 g/mol. The summed E-state index contributed by atoms with van der Waals surface area (Å²) in [5.74, 6) is 0.628. The molecule has 0 aliphatic carbocycles. The topological polar surface area (TPSA) is 56.5 Å². The van der Waals surface area contributed by atoms with Crippen LogP contribution in [-0.2, 0) is 11.3 Å². The maximum atomic E-state index is 5.82. The van der Waals surface area contributed by atoms with E-state index in [4.69, 9.17) is 13.9 Å². The Morgan fingerprint density at radius 1 is 1.35 bits per heavy atom. The van der Waals surface area contributed by atoms with Crippen molar-refractivity contribution >= 4 is 0 Å². The molecule has 2 atom stereocenters. The van der Waals surface area contributed by atoms with E-state index in [9.17, 15) is 0 Å². The minimum Gasteiger partial charge on any atom is -0.447 e. The molecule has 0 spiro atoms. The molecule has 2 rings (SSSR count).